The van der Waals surface area contributed by atoms with Crippen LogP contribution in [0.1, 0.15) is 32.8 Å². The van der Waals surface area contributed by atoms with E-state index < -0.39 is 43.9 Å². The van der Waals surface area contributed by atoms with Crippen molar-refractivity contribution < 1.29 is 49.9 Å². The number of carbonyl (C=O) groups excluding carboxylic acids is 2. The van der Waals surface area contributed by atoms with E-state index in [1.807, 2.05) is 0 Å². The van der Waals surface area contributed by atoms with E-state index in [0.717, 1.165) is 0 Å². The number of fused-ring (bicyclic) bond motifs is 1. The molecule has 2 N–H and O–H groups in total. The van der Waals surface area contributed by atoms with Crippen molar-refractivity contribution in [3.05, 3.63) is 53.6 Å². The third-order valence-corrected chi connectivity index (χ3v) is 8.54. The van der Waals surface area contributed by atoms with Gasteiger partial charge in [-0.05, 0) is 44.0 Å². The van der Waals surface area contributed by atoms with Crippen LogP contribution in [0, 0.1) is 0 Å². The van der Waals surface area contributed by atoms with Gasteiger partial charge < -0.3 is 23.7 Å². The van der Waals surface area contributed by atoms with Crippen molar-refractivity contribution in [2.45, 2.75) is 45.3 Å². The maximum atomic E-state index is 14.0. The molecule has 0 aromatic heterocycles. The average molecular weight is 564 g/mol. The molecule has 0 radical (unpaired) electrons. The third-order valence-electron chi connectivity index (χ3n) is 5.39. The van der Waals surface area contributed by atoms with Crippen LogP contribution >= 0.6 is 0 Å². The minimum absolute atomic E-state index is 0.131. The molecule has 0 spiro atoms. The number of amides is 1. The van der Waals surface area contributed by atoms with E-state index in [1.54, 1.807) is 45.0 Å². The Morgan fingerprint density at radius 2 is 1.45 bits per heavy atom. The summed E-state index contributed by atoms with van der Waals surface area (Å²) in [5.74, 6) is -11.7. The lowest BCUT2D eigenvalue weighted by Gasteiger charge is -2.28. The number of hydrogen-bond donors (Lipinski definition) is 2. The van der Waals surface area contributed by atoms with E-state index in [9.17, 15) is 36.6 Å². The fraction of sp³-hybridized carbons (Fsp3) is 0.440. The number of ketones is 1. The first-order valence-electron chi connectivity index (χ1n) is 11.9. The van der Waals surface area contributed by atoms with Gasteiger partial charge in [-0.25, -0.2) is 0 Å². The Labute approximate surface area is 217 Å². The summed E-state index contributed by atoms with van der Waals surface area (Å²) in [4.78, 5) is 25.2. The van der Waals surface area contributed by atoms with Gasteiger partial charge in [0.15, 0.2) is 0 Å². The molecule has 210 valence electrons. The number of hydrogen-bond acceptors (Lipinski definition) is 6. The highest BCUT2D eigenvalue weighted by atomic mass is 28.4. The van der Waals surface area contributed by atoms with Crippen molar-refractivity contribution in [3.63, 3.8) is 0 Å². The highest BCUT2D eigenvalue weighted by Crippen LogP contribution is 2.39. The van der Waals surface area contributed by atoms with Gasteiger partial charge in [0.2, 0.25) is 0 Å². The van der Waals surface area contributed by atoms with Gasteiger partial charge in [0.05, 0.1) is 0 Å². The summed E-state index contributed by atoms with van der Waals surface area (Å²) in [5.41, 5.74) is -1.99. The molecule has 7 nitrogen and oxygen atoms in total. The summed E-state index contributed by atoms with van der Waals surface area (Å²) in [6, 6.07) is 10.8. The second-order valence-electron chi connectivity index (χ2n) is 8.03. The highest BCUT2D eigenvalue weighted by Gasteiger charge is 2.64. The Morgan fingerprint density at radius 1 is 0.895 bits per heavy atom. The van der Waals surface area contributed by atoms with Crippen LogP contribution in [-0.4, -0.2) is 64.1 Å². The number of Topliss-reactive ketones (excluding diaryl/α,β-unsaturated/α-hetero) is 1. The molecule has 0 bridgehead atoms. The number of nitrogens with one attached hydrogen (secondary N) is 1. The summed E-state index contributed by atoms with van der Waals surface area (Å²) in [5, 5.41) is 14.0. The van der Waals surface area contributed by atoms with E-state index in [4.69, 9.17) is 13.3 Å². The van der Waals surface area contributed by atoms with Crippen LogP contribution in [-0.2, 0) is 22.9 Å². The predicted molar refractivity (Wildman–Crippen MR) is 133 cm³/mol. The monoisotopic (exact) mass is 563 g/mol. The van der Waals surface area contributed by atoms with E-state index in [0.29, 0.717) is 10.8 Å². The standard InChI is InChI=1S/C25H30F5NO6Si/c1-4-35-38(36-5-2,37-6-3)15-9-14-31-23(34)20(22(33)24(26,27)25(28,29)30)21(32)19-13-12-17-10-7-8-11-18(17)16-19/h7-8,10-13,16,32H,4-6,9,14-15H2,1-3H3,(H,31,34). The number of benzene rings is 2. The van der Waals surface area contributed by atoms with Gasteiger partial charge in [0.25, 0.3) is 11.7 Å². The van der Waals surface area contributed by atoms with Gasteiger partial charge in [-0.2, -0.15) is 22.0 Å². The van der Waals surface area contributed by atoms with Crippen molar-refractivity contribution in [2.75, 3.05) is 26.4 Å². The molecule has 1 amide bonds. The molecule has 0 heterocycles. The van der Waals surface area contributed by atoms with Gasteiger partial charge in [-0.3, -0.25) is 9.59 Å². The van der Waals surface area contributed by atoms with Crippen molar-refractivity contribution in [1.82, 2.24) is 5.32 Å². The number of alkyl halides is 5. The molecule has 2 aromatic carbocycles. The van der Waals surface area contributed by atoms with E-state index in [-0.39, 0.29) is 44.4 Å². The van der Waals surface area contributed by atoms with Crippen molar-refractivity contribution in [2.24, 2.45) is 0 Å². The van der Waals surface area contributed by atoms with Gasteiger partial charge in [-0.15, -0.1) is 0 Å². The largest absolute Gasteiger partial charge is 0.506 e. The van der Waals surface area contributed by atoms with Crippen LogP contribution in [0.5, 0.6) is 0 Å². The molecule has 0 saturated carbocycles. The fourth-order valence-electron chi connectivity index (χ4n) is 3.68. The molecule has 2 aromatic rings. The number of rotatable bonds is 14. The summed E-state index contributed by atoms with van der Waals surface area (Å²) >= 11 is 0. The summed E-state index contributed by atoms with van der Waals surface area (Å²) in [6.07, 6.45) is -6.15. The Balaban J connectivity index is 2.37. The van der Waals surface area contributed by atoms with Crippen LogP contribution in [0.2, 0.25) is 6.04 Å². The highest BCUT2D eigenvalue weighted by molar-refractivity contribution is 6.60. The molecule has 0 aliphatic heterocycles. The predicted octanol–water partition coefficient (Wildman–Crippen LogP) is 5.43. The first kappa shape index (κ1) is 31.3. The second-order valence-corrected chi connectivity index (χ2v) is 10.8. The zero-order chi connectivity index (χ0) is 28.6. The Morgan fingerprint density at radius 3 is 1.97 bits per heavy atom. The first-order chi connectivity index (χ1) is 17.8. The second kappa shape index (κ2) is 13.3. The third kappa shape index (κ3) is 7.37. The van der Waals surface area contributed by atoms with Crippen molar-refractivity contribution in [3.8, 4) is 0 Å². The lowest BCUT2D eigenvalue weighted by Crippen LogP contribution is -2.48. The molecule has 0 fully saturated rings. The van der Waals surface area contributed by atoms with Crippen molar-refractivity contribution in [1.29, 1.82) is 0 Å². The number of carbonyl (C=O) groups is 2. The van der Waals surface area contributed by atoms with Crippen LogP contribution < -0.4 is 5.32 Å². The normalized spacial score (nSPS) is 13.4. The zero-order valence-corrected chi connectivity index (χ0v) is 22.2. The van der Waals surface area contributed by atoms with Crippen LogP contribution in [0.3, 0.4) is 0 Å². The maximum absolute atomic E-state index is 14.0. The minimum Gasteiger partial charge on any atom is -0.506 e. The molecule has 0 aliphatic rings. The van der Waals surface area contributed by atoms with E-state index in [2.05, 4.69) is 5.32 Å². The van der Waals surface area contributed by atoms with Crippen molar-refractivity contribution >= 4 is 37.0 Å². The summed E-state index contributed by atoms with van der Waals surface area (Å²) in [7, 11) is -3.12. The van der Waals surface area contributed by atoms with Crippen LogP contribution in [0.25, 0.3) is 16.5 Å². The Kier molecular flexibility index (Phi) is 10.9. The topological polar surface area (TPSA) is 94.1 Å². The molecule has 0 aliphatic carbocycles. The lowest BCUT2D eigenvalue weighted by atomic mass is 9.98. The maximum Gasteiger partial charge on any atom is 0.500 e. The Bertz CT molecular complexity index is 1140. The van der Waals surface area contributed by atoms with Gasteiger partial charge in [0, 0.05) is 38.0 Å². The van der Waals surface area contributed by atoms with Gasteiger partial charge in [-0.1, -0.05) is 36.4 Å². The molecular weight excluding hydrogens is 533 g/mol. The molecule has 0 unspecified atom stereocenters. The molecule has 2 rings (SSSR count). The minimum atomic E-state index is -6.28. The lowest BCUT2D eigenvalue weighted by molar-refractivity contribution is -0.266. The molecule has 0 atom stereocenters. The zero-order valence-electron chi connectivity index (χ0n) is 21.2. The molecule has 13 heteroatoms. The summed E-state index contributed by atoms with van der Waals surface area (Å²) in [6.45, 7) is 5.81. The Hall–Kier alpha value is -2.87. The van der Waals surface area contributed by atoms with Crippen LogP contribution in [0.15, 0.2) is 48.0 Å². The van der Waals surface area contributed by atoms with E-state index >= 15 is 0 Å². The smallest absolute Gasteiger partial charge is 0.500 e. The number of aliphatic hydroxyl groups is 1. The number of aliphatic hydroxyl groups excluding tert-OH is 1. The van der Waals surface area contributed by atoms with Crippen LogP contribution in [0.4, 0.5) is 22.0 Å². The van der Waals surface area contributed by atoms with E-state index in [1.165, 1.54) is 18.2 Å². The first-order valence-corrected chi connectivity index (χ1v) is 13.9. The molecule has 0 saturated heterocycles. The van der Waals surface area contributed by atoms with Gasteiger partial charge in [0.1, 0.15) is 11.3 Å². The molecular formula is C25H30F5NO6Si. The quantitative estimate of drug-likeness (QED) is 0.0606. The average Bonchev–Trinajstić information content (AvgIpc) is 2.86. The summed E-state index contributed by atoms with van der Waals surface area (Å²) < 4.78 is 84.0. The SMILES string of the molecule is CCO[Si](CCCNC(=O)C(C(=O)C(F)(F)C(F)(F)F)=C(O)c1ccc2ccccc2c1)(OCC)OCC. The fourth-order valence-corrected chi connectivity index (χ4v) is 6.29. The van der Waals surface area contributed by atoms with Gasteiger partial charge >= 0.3 is 20.9 Å². The molecule has 38 heavy (non-hydrogen) atoms. The number of halogens is 5.